The topological polar surface area (TPSA) is 80.9 Å². The van der Waals surface area contributed by atoms with Gasteiger partial charge >= 0.3 is 5.97 Å². The van der Waals surface area contributed by atoms with Crippen LogP contribution in [-0.2, 0) is 22.7 Å². The normalized spacial score (nSPS) is 21.6. The largest absolute Gasteiger partial charge is 0.458 e. The van der Waals surface area contributed by atoms with Crippen LogP contribution in [0.5, 0.6) is 0 Å². The number of aliphatic hydroxyl groups is 1. The van der Waals surface area contributed by atoms with Gasteiger partial charge in [0.15, 0.2) is 6.10 Å². The van der Waals surface area contributed by atoms with Crippen molar-refractivity contribution in [3.05, 3.63) is 62.3 Å². The molecule has 5 rings (SSSR count). The number of nitrogens with zero attached hydrogens (tertiary/aromatic N) is 2. The van der Waals surface area contributed by atoms with Gasteiger partial charge in [-0.15, -0.1) is 11.8 Å². The fraction of sp³-hybridized carbons (Fsp3) is 0.286. The van der Waals surface area contributed by atoms with E-state index in [-0.39, 0.29) is 29.1 Å². The summed E-state index contributed by atoms with van der Waals surface area (Å²) in [5, 5.41) is 10.2. The minimum atomic E-state index is -1.50. The summed E-state index contributed by atoms with van der Waals surface area (Å²) in [6, 6.07) is 3.01. The molecule has 0 saturated heterocycles. The van der Waals surface area contributed by atoms with Gasteiger partial charge in [0.05, 0.1) is 23.2 Å². The molecule has 0 spiro atoms. The molecule has 0 amide bonds. The number of ether oxygens (including phenoxy) is 1. The van der Waals surface area contributed by atoms with E-state index in [1.807, 2.05) is 6.08 Å². The third-order valence-corrected chi connectivity index (χ3v) is 6.79. The highest BCUT2D eigenvalue weighted by Crippen LogP contribution is 2.45. The minimum absolute atomic E-state index is 0.163. The number of fused-ring (bicyclic) bond motifs is 2. The average Bonchev–Trinajstić information content (AvgIpc) is 2.78. The Labute approximate surface area is 169 Å². The molecule has 1 aromatic carbocycles. The summed E-state index contributed by atoms with van der Waals surface area (Å²) < 4.78 is 20.9. The monoisotopic (exact) mass is 412 g/mol. The number of esters is 1. The predicted octanol–water partition coefficient (Wildman–Crippen LogP) is 3.03. The summed E-state index contributed by atoms with van der Waals surface area (Å²) in [6.45, 7) is 1.92. The van der Waals surface area contributed by atoms with Gasteiger partial charge in [0.1, 0.15) is 12.4 Å². The fourth-order valence-corrected chi connectivity index (χ4v) is 5.22. The van der Waals surface area contributed by atoms with Gasteiger partial charge < -0.3 is 14.4 Å². The van der Waals surface area contributed by atoms with Crippen molar-refractivity contribution in [2.75, 3.05) is 5.75 Å². The molecule has 1 atom stereocenters. The number of cyclic esters (lactones) is 1. The molecule has 3 aliphatic rings. The van der Waals surface area contributed by atoms with E-state index < -0.39 is 12.1 Å². The molecule has 0 bridgehead atoms. The van der Waals surface area contributed by atoms with Crippen LogP contribution in [0.4, 0.5) is 10.1 Å². The van der Waals surface area contributed by atoms with Crippen molar-refractivity contribution in [2.45, 2.75) is 37.5 Å². The summed E-state index contributed by atoms with van der Waals surface area (Å²) >= 11 is 1.62. The highest BCUT2D eigenvalue weighted by molar-refractivity contribution is 7.99. The van der Waals surface area contributed by atoms with Crippen LogP contribution < -0.4 is 5.56 Å². The molecule has 1 aromatic heterocycles. The van der Waals surface area contributed by atoms with Gasteiger partial charge in [-0.3, -0.25) is 9.79 Å². The van der Waals surface area contributed by atoms with E-state index in [0.717, 1.165) is 28.2 Å². The summed E-state index contributed by atoms with van der Waals surface area (Å²) in [6.07, 6.45) is 2.78. The average molecular weight is 412 g/mol. The number of aromatic nitrogens is 1. The molecule has 0 radical (unpaired) electrons. The number of benzene rings is 1. The van der Waals surface area contributed by atoms with Crippen LogP contribution in [0.2, 0.25) is 0 Å². The molecule has 29 heavy (non-hydrogen) atoms. The molecular weight excluding hydrogens is 395 g/mol. The Morgan fingerprint density at radius 1 is 1.34 bits per heavy atom. The summed E-state index contributed by atoms with van der Waals surface area (Å²) in [4.78, 5) is 30.1. The SMILES string of the molecule is Cc1c(F)cc2c3c1SCC/C3=C\Cn1c(cc3c(c1=O)COC(=O)C3O)C=N2. The van der Waals surface area contributed by atoms with Crippen molar-refractivity contribution in [1.29, 1.82) is 0 Å². The maximum absolute atomic E-state index is 14.5. The number of halogens is 1. The zero-order chi connectivity index (χ0) is 20.3. The fourth-order valence-electron chi connectivity index (χ4n) is 4.00. The maximum atomic E-state index is 14.5. The zero-order valence-corrected chi connectivity index (χ0v) is 16.4. The number of aliphatic imine (C=N–C) groups is 1. The van der Waals surface area contributed by atoms with E-state index in [4.69, 9.17) is 4.74 Å². The molecule has 2 aromatic rings. The molecular formula is C21H17FN2O4S. The number of allylic oxidation sites excluding steroid dienone is 2. The van der Waals surface area contributed by atoms with Gasteiger partial charge in [-0.1, -0.05) is 6.08 Å². The van der Waals surface area contributed by atoms with Crippen molar-refractivity contribution in [3.8, 4) is 0 Å². The minimum Gasteiger partial charge on any atom is -0.458 e. The second-order valence-corrected chi connectivity index (χ2v) is 8.33. The van der Waals surface area contributed by atoms with Crippen molar-refractivity contribution in [1.82, 2.24) is 4.57 Å². The number of hydrogen-bond donors (Lipinski definition) is 1. The molecule has 148 valence electrons. The summed E-state index contributed by atoms with van der Waals surface area (Å²) in [5.74, 6) is -0.259. The van der Waals surface area contributed by atoms with E-state index in [1.165, 1.54) is 16.8 Å². The number of carbonyl (C=O) groups is 1. The van der Waals surface area contributed by atoms with Crippen LogP contribution >= 0.6 is 11.8 Å². The summed E-state index contributed by atoms with van der Waals surface area (Å²) in [5.41, 5.74) is 3.71. The first-order valence-corrected chi connectivity index (χ1v) is 10.2. The van der Waals surface area contributed by atoms with Crippen molar-refractivity contribution >= 4 is 35.2 Å². The highest BCUT2D eigenvalue weighted by Gasteiger charge is 2.31. The van der Waals surface area contributed by atoms with Crippen LogP contribution in [0.25, 0.3) is 5.57 Å². The number of pyridine rings is 1. The number of rotatable bonds is 0. The molecule has 1 unspecified atom stereocenters. The second-order valence-electron chi connectivity index (χ2n) is 7.22. The second kappa shape index (κ2) is 6.67. The van der Waals surface area contributed by atoms with Crippen LogP contribution in [0, 0.1) is 12.7 Å². The molecule has 6 nitrogen and oxygen atoms in total. The summed E-state index contributed by atoms with van der Waals surface area (Å²) in [7, 11) is 0. The van der Waals surface area contributed by atoms with Crippen LogP contribution in [0.15, 0.2) is 32.9 Å². The Bertz CT molecular complexity index is 1200. The lowest BCUT2D eigenvalue weighted by atomic mass is 9.97. The number of hydrogen-bond acceptors (Lipinski definition) is 6. The smallest absolute Gasteiger partial charge is 0.340 e. The molecule has 1 N–H and O–H groups in total. The number of thioether (sulfide) groups is 1. The Hall–Kier alpha value is -2.71. The molecule has 0 aliphatic carbocycles. The van der Waals surface area contributed by atoms with E-state index in [9.17, 15) is 19.1 Å². The third kappa shape index (κ3) is 2.78. The maximum Gasteiger partial charge on any atom is 0.340 e. The lowest BCUT2D eigenvalue weighted by Gasteiger charge is -2.23. The molecule has 4 heterocycles. The zero-order valence-electron chi connectivity index (χ0n) is 15.6. The third-order valence-electron chi connectivity index (χ3n) is 5.58. The van der Waals surface area contributed by atoms with Crippen LogP contribution in [-0.4, -0.2) is 27.6 Å². The van der Waals surface area contributed by atoms with Gasteiger partial charge in [0, 0.05) is 34.4 Å². The van der Waals surface area contributed by atoms with Crippen LogP contribution in [0.1, 0.15) is 40.5 Å². The van der Waals surface area contributed by atoms with E-state index in [0.29, 0.717) is 23.5 Å². The van der Waals surface area contributed by atoms with Crippen molar-refractivity contribution in [2.24, 2.45) is 4.99 Å². The first-order chi connectivity index (χ1) is 14.0. The Balaban J connectivity index is 1.75. The molecule has 0 saturated carbocycles. The Kier molecular flexibility index (Phi) is 4.22. The number of carbonyl (C=O) groups excluding carboxylic acids is 1. The van der Waals surface area contributed by atoms with Crippen LogP contribution in [0.3, 0.4) is 0 Å². The Morgan fingerprint density at radius 2 is 2.17 bits per heavy atom. The molecule has 0 fully saturated rings. The lowest BCUT2D eigenvalue weighted by Crippen LogP contribution is -2.34. The van der Waals surface area contributed by atoms with Crippen molar-refractivity contribution < 1.29 is 19.0 Å². The van der Waals surface area contributed by atoms with E-state index in [1.54, 1.807) is 24.8 Å². The Morgan fingerprint density at radius 3 is 3.00 bits per heavy atom. The van der Waals surface area contributed by atoms with Gasteiger partial charge in [-0.25, -0.2) is 9.18 Å². The van der Waals surface area contributed by atoms with Crippen molar-refractivity contribution in [3.63, 3.8) is 0 Å². The first-order valence-electron chi connectivity index (χ1n) is 9.26. The molecule has 3 aliphatic heterocycles. The van der Waals surface area contributed by atoms with Gasteiger partial charge in [0.25, 0.3) is 5.56 Å². The van der Waals surface area contributed by atoms with Gasteiger partial charge in [-0.05, 0) is 30.5 Å². The quantitative estimate of drug-likeness (QED) is 0.673. The first kappa shape index (κ1) is 18.3. The van der Waals surface area contributed by atoms with E-state index in [2.05, 4.69) is 4.99 Å². The predicted molar refractivity (Wildman–Crippen MR) is 107 cm³/mol. The van der Waals surface area contributed by atoms with Gasteiger partial charge in [0.2, 0.25) is 0 Å². The highest BCUT2D eigenvalue weighted by atomic mass is 32.2. The van der Waals surface area contributed by atoms with E-state index >= 15 is 0 Å². The van der Waals surface area contributed by atoms with Gasteiger partial charge in [-0.2, -0.15) is 0 Å². The molecule has 8 heteroatoms. The standard InChI is InChI=1S/C21H17FN2O4S/c1-10-15(22)7-16-17-11(3-5-29-19(10)17)2-4-24-12(8-23-16)6-13-14(20(24)26)9-28-21(27)18(13)25/h2,6-8,18,25H,3-5,9H2,1H3/b11-2+,23-8?. The lowest BCUT2D eigenvalue weighted by molar-refractivity contribution is -0.157. The number of aliphatic hydroxyl groups excluding tert-OH is 1.